The number of benzene rings is 1. The SMILES string of the molecule is CCOc1ccc(C(C)CC)cc1. The first-order valence-corrected chi connectivity index (χ1v) is 5.00. The highest BCUT2D eigenvalue weighted by atomic mass is 16.5. The molecule has 0 saturated heterocycles. The Balaban J connectivity index is 2.69. The van der Waals surface area contributed by atoms with Crippen molar-refractivity contribution >= 4 is 0 Å². The van der Waals surface area contributed by atoms with Crippen LogP contribution < -0.4 is 4.74 Å². The van der Waals surface area contributed by atoms with Gasteiger partial charge in [0.2, 0.25) is 0 Å². The summed E-state index contributed by atoms with van der Waals surface area (Å²) in [6.07, 6.45) is 1.19. The van der Waals surface area contributed by atoms with Crippen molar-refractivity contribution < 1.29 is 4.74 Å². The topological polar surface area (TPSA) is 9.23 Å². The normalized spacial score (nSPS) is 12.5. The number of rotatable bonds is 4. The van der Waals surface area contributed by atoms with Crippen molar-refractivity contribution in [2.75, 3.05) is 6.61 Å². The highest BCUT2D eigenvalue weighted by molar-refractivity contribution is 5.29. The van der Waals surface area contributed by atoms with E-state index in [-0.39, 0.29) is 0 Å². The van der Waals surface area contributed by atoms with E-state index in [1.54, 1.807) is 0 Å². The average molecular weight is 178 g/mol. The summed E-state index contributed by atoms with van der Waals surface area (Å²) in [6.45, 7) is 7.20. The van der Waals surface area contributed by atoms with E-state index in [0.29, 0.717) is 5.92 Å². The van der Waals surface area contributed by atoms with E-state index in [1.165, 1.54) is 12.0 Å². The second-order valence-electron chi connectivity index (χ2n) is 3.31. The summed E-state index contributed by atoms with van der Waals surface area (Å²) in [6, 6.07) is 8.40. The summed E-state index contributed by atoms with van der Waals surface area (Å²) in [7, 11) is 0. The van der Waals surface area contributed by atoms with E-state index >= 15 is 0 Å². The zero-order chi connectivity index (χ0) is 9.68. The van der Waals surface area contributed by atoms with Crippen molar-refractivity contribution in [1.82, 2.24) is 0 Å². The summed E-state index contributed by atoms with van der Waals surface area (Å²) >= 11 is 0. The maximum Gasteiger partial charge on any atom is 0.119 e. The first-order chi connectivity index (χ1) is 6.27. The Morgan fingerprint density at radius 1 is 1.15 bits per heavy atom. The van der Waals surface area contributed by atoms with Gasteiger partial charge in [-0.15, -0.1) is 0 Å². The lowest BCUT2D eigenvalue weighted by atomic mass is 9.99. The Morgan fingerprint density at radius 2 is 1.77 bits per heavy atom. The van der Waals surface area contributed by atoms with Crippen LogP contribution in [0.3, 0.4) is 0 Å². The molecular weight excluding hydrogens is 160 g/mol. The Hall–Kier alpha value is -0.980. The molecule has 0 aliphatic heterocycles. The molecule has 0 bridgehead atoms. The molecule has 0 spiro atoms. The Kier molecular flexibility index (Phi) is 3.81. The third kappa shape index (κ3) is 2.76. The molecule has 0 heterocycles. The highest BCUT2D eigenvalue weighted by Gasteiger charge is 2.01. The molecule has 1 nitrogen and oxygen atoms in total. The molecule has 0 saturated carbocycles. The van der Waals surface area contributed by atoms with Crippen molar-refractivity contribution in [3.8, 4) is 5.75 Å². The fraction of sp³-hybridized carbons (Fsp3) is 0.500. The van der Waals surface area contributed by atoms with Crippen molar-refractivity contribution in [3.05, 3.63) is 29.8 Å². The highest BCUT2D eigenvalue weighted by Crippen LogP contribution is 2.21. The van der Waals surface area contributed by atoms with Crippen LogP contribution in [0.5, 0.6) is 5.75 Å². The molecule has 1 aromatic carbocycles. The molecule has 13 heavy (non-hydrogen) atoms. The smallest absolute Gasteiger partial charge is 0.119 e. The van der Waals surface area contributed by atoms with Crippen LogP contribution in [0.4, 0.5) is 0 Å². The fourth-order valence-corrected chi connectivity index (χ4v) is 1.29. The van der Waals surface area contributed by atoms with Gasteiger partial charge in [-0.2, -0.15) is 0 Å². The molecule has 0 amide bonds. The third-order valence-corrected chi connectivity index (χ3v) is 2.37. The van der Waals surface area contributed by atoms with Gasteiger partial charge in [0.1, 0.15) is 5.75 Å². The van der Waals surface area contributed by atoms with Gasteiger partial charge in [-0.3, -0.25) is 0 Å². The van der Waals surface area contributed by atoms with Gasteiger partial charge < -0.3 is 4.74 Å². The molecule has 0 fully saturated rings. The van der Waals surface area contributed by atoms with Crippen molar-refractivity contribution in [3.63, 3.8) is 0 Å². The minimum absolute atomic E-state index is 0.649. The summed E-state index contributed by atoms with van der Waals surface area (Å²) in [5.74, 6) is 1.62. The monoisotopic (exact) mass is 178 g/mol. The van der Waals surface area contributed by atoms with Gasteiger partial charge in [0.05, 0.1) is 6.61 Å². The van der Waals surface area contributed by atoms with Gasteiger partial charge in [0.25, 0.3) is 0 Å². The Labute approximate surface area is 80.7 Å². The van der Waals surface area contributed by atoms with Crippen LogP contribution in [-0.2, 0) is 0 Å². The van der Waals surface area contributed by atoms with Crippen molar-refractivity contribution in [2.45, 2.75) is 33.1 Å². The molecular formula is C12H18O. The Morgan fingerprint density at radius 3 is 2.23 bits per heavy atom. The van der Waals surface area contributed by atoms with E-state index in [1.807, 2.05) is 19.1 Å². The summed E-state index contributed by atoms with van der Waals surface area (Å²) in [4.78, 5) is 0. The lowest BCUT2D eigenvalue weighted by molar-refractivity contribution is 0.340. The van der Waals surface area contributed by atoms with E-state index in [0.717, 1.165) is 12.4 Å². The molecule has 0 radical (unpaired) electrons. The first-order valence-electron chi connectivity index (χ1n) is 5.00. The predicted molar refractivity (Wildman–Crippen MR) is 56.3 cm³/mol. The third-order valence-electron chi connectivity index (χ3n) is 2.37. The molecule has 1 unspecified atom stereocenters. The van der Waals surface area contributed by atoms with Gasteiger partial charge >= 0.3 is 0 Å². The van der Waals surface area contributed by atoms with Crippen molar-refractivity contribution in [1.29, 1.82) is 0 Å². The van der Waals surface area contributed by atoms with Crippen LogP contribution in [0.1, 0.15) is 38.7 Å². The summed E-state index contributed by atoms with van der Waals surface area (Å²) < 4.78 is 5.37. The average Bonchev–Trinajstić information content (AvgIpc) is 2.18. The maximum absolute atomic E-state index is 5.37. The van der Waals surface area contributed by atoms with Gasteiger partial charge in [-0.05, 0) is 37.0 Å². The van der Waals surface area contributed by atoms with E-state index in [9.17, 15) is 0 Å². The van der Waals surface area contributed by atoms with Gasteiger partial charge in [0, 0.05) is 0 Å². The van der Waals surface area contributed by atoms with E-state index in [2.05, 4.69) is 26.0 Å². The van der Waals surface area contributed by atoms with Crippen molar-refractivity contribution in [2.24, 2.45) is 0 Å². The molecule has 0 aliphatic carbocycles. The summed E-state index contributed by atoms with van der Waals surface area (Å²) in [5, 5.41) is 0. The lowest BCUT2D eigenvalue weighted by Gasteiger charge is -2.09. The van der Waals surface area contributed by atoms with Crippen LogP contribution in [0.15, 0.2) is 24.3 Å². The van der Waals surface area contributed by atoms with Gasteiger partial charge in [-0.1, -0.05) is 26.0 Å². The molecule has 72 valence electrons. The minimum atomic E-state index is 0.649. The second-order valence-corrected chi connectivity index (χ2v) is 3.31. The van der Waals surface area contributed by atoms with Crippen LogP contribution in [-0.4, -0.2) is 6.61 Å². The quantitative estimate of drug-likeness (QED) is 0.684. The van der Waals surface area contributed by atoms with Crippen LogP contribution in [0.25, 0.3) is 0 Å². The molecule has 1 atom stereocenters. The maximum atomic E-state index is 5.37. The van der Waals surface area contributed by atoms with E-state index < -0.39 is 0 Å². The fourth-order valence-electron chi connectivity index (χ4n) is 1.29. The zero-order valence-electron chi connectivity index (χ0n) is 8.71. The summed E-state index contributed by atoms with van der Waals surface area (Å²) in [5.41, 5.74) is 1.39. The van der Waals surface area contributed by atoms with Gasteiger partial charge in [-0.25, -0.2) is 0 Å². The number of ether oxygens (including phenoxy) is 1. The molecule has 0 N–H and O–H groups in total. The Bertz CT molecular complexity index is 238. The predicted octanol–water partition coefficient (Wildman–Crippen LogP) is 3.60. The lowest BCUT2D eigenvalue weighted by Crippen LogP contribution is -1.93. The van der Waals surface area contributed by atoms with Crippen LogP contribution >= 0.6 is 0 Å². The second kappa shape index (κ2) is 4.90. The largest absolute Gasteiger partial charge is 0.494 e. The number of hydrogen-bond acceptors (Lipinski definition) is 1. The zero-order valence-corrected chi connectivity index (χ0v) is 8.71. The molecule has 0 aromatic heterocycles. The van der Waals surface area contributed by atoms with E-state index in [4.69, 9.17) is 4.74 Å². The number of hydrogen-bond donors (Lipinski definition) is 0. The molecule has 0 aliphatic rings. The standard InChI is InChI=1S/C12H18O/c1-4-10(3)11-6-8-12(9-7-11)13-5-2/h6-10H,4-5H2,1-3H3. The van der Waals surface area contributed by atoms with Crippen LogP contribution in [0, 0.1) is 0 Å². The molecule has 1 aromatic rings. The van der Waals surface area contributed by atoms with Crippen LogP contribution in [0.2, 0.25) is 0 Å². The molecule has 1 heteroatoms. The molecule has 1 rings (SSSR count). The minimum Gasteiger partial charge on any atom is -0.494 e. The first kappa shape index (κ1) is 10.1. The van der Waals surface area contributed by atoms with Gasteiger partial charge in [0.15, 0.2) is 0 Å².